The number of esters is 2. The maximum atomic E-state index is 13.2. The van der Waals surface area contributed by atoms with Crippen molar-refractivity contribution < 1.29 is 68.7 Å². The summed E-state index contributed by atoms with van der Waals surface area (Å²) in [7, 11) is 0. The molecule has 25 heteroatoms. The van der Waals surface area contributed by atoms with Crippen LogP contribution in [0.25, 0.3) is 44.3 Å². The number of nitrogens with one attached hydrogen (secondary N) is 2. The Labute approximate surface area is 505 Å². The van der Waals surface area contributed by atoms with Crippen LogP contribution in [0.3, 0.4) is 0 Å². The van der Waals surface area contributed by atoms with E-state index < -0.39 is 54.0 Å². The van der Waals surface area contributed by atoms with Crippen LogP contribution in [0.2, 0.25) is 10.0 Å². The minimum absolute atomic E-state index is 0. The molecule has 85 heavy (non-hydrogen) atoms. The highest BCUT2D eigenvalue weighted by atomic mass is 35.5. The molecule has 22 nitrogen and oxygen atoms in total. The molecule has 2 aromatic heterocycles. The van der Waals surface area contributed by atoms with Crippen molar-refractivity contribution in [1.82, 2.24) is 40.9 Å². The molecule has 2 heterocycles. The zero-order valence-corrected chi connectivity index (χ0v) is 47.1. The molecule has 452 valence electrons. The molecule has 0 saturated carbocycles. The van der Waals surface area contributed by atoms with E-state index in [0.29, 0.717) is 50.7 Å². The molecule has 0 spiro atoms. The van der Waals surface area contributed by atoms with E-state index in [-0.39, 0.29) is 76.0 Å². The molecule has 0 unspecified atom stereocenters. The lowest BCUT2D eigenvalue weighted by Gasteiger charge is -2.21. The van der Waals surface area contributed by atoms with Crippen LogP contribution < -0.4 is 15.5 Å². The predicted octanol–water partition coefficient (Wildman–Crippen LogP) is 9.62. The number of amides is 2. The fourth-order valence-electron chi connectivity index (χ4n) is 8.17. The monoisotopic (exact) mass is 1230 g/mol. The third-order valence-electron chi connectivity index (χ3n) is 12.3. The second kappa shape index (κ2) is 34.2. The Morgan fingerprint density at radius 3 is 1.44 bits per heavy atom. The van der Waals surface area contributed by atoms with Crippen molar-refractivity contribution in [2.24, 2.45) is 0 Å². The summed E-state index contributed by atoms with van der Waals surface area (Å²) in [6, 6.07) is 37.8. The van der Waals surface area contributed by atoms with Crippen molar-refractivity contribution >= 4 is 92.6 Å². The number of alkyl halides is 1. The van der Waals surface area contributed by atoms with Gasteiger partial charge in [-0.2, -0.15) is 0 Å². The first kappa shape index (κ1) is 68.8. The number of aliphatic hydroxyl groups excluding tert-OH is 2. The van der Waals surface area contributed by atoms with Gasteiger partial charge in [0.15, 0.2) is 18.3 Å². The fraction of sp³-hybridized carbons (Fsp3) is 0.300. The van der Waals surface area contributed by atoms with Crippen molar-refractivity contribution in [2.75, 3.05) is 12.9 Å². The highest BCUT2D eigenvalue weighted by Crippen LogP contribution is 2.26. The van der Waals surface area contributed by atoms with Crippen LogP contribution in [0.5, 0.6) is 0 Å². The normalized spacial score (nSPS) is 12.0. The maximum absolute atomic E-state index is 13.2. The molecule has 4 atom stereocenters. The average Bonchev–Trinajstić information content (AvgIpc) is 4.09. The molecule has 0 bridgehead atoms. The summed E-state index contributed by atoms with van der Waals surface area (Å²) < 4.78 is 9.39. The standard InChI is InChI=1S/C29H29ClN4O7.C24H21ClN4O5.C5H9ClO2.2CH4/c1-2-4-27(36)40-17-41-34-25-15-21(11-12-24(25)32-33-34)28(37)31-23(16-26(35)29(38)39)13-18-7-9-19(10-8-18)20-5-3-6-22(30)14-20;25-18-3-1-2-16(11-18)15-6-4-14(5-7-15)10-19(13-22(30)24(32)33)26-23(31)17-8-9-20-21(12-17)29(34)28-27-20;1-2-3-5(7)8-4-6;;/h3,5-12,14-15,23,26,35H,2,4,13,16-17H2,1H3,(H,31,37)(H,38,39);1-9,11-12,19,22,30,34H,10,13H2,(H,26,31)(H,32,33);2-4H2,1H3;2*1H4/t23-,26-;19-,22-;;;/m11.../s1. The van der Waals surface area contributed by atoms with Crippen LogP contribution in [0.15, 0.2) is 133 Å². The number of nitrogens with zero attached hydrogens (tertiary/aromatic N) is 6. The van der Waals surface area contributed by atoms with E-state index in [0.717, 1.165) is 44.6 Å². The largest absolute Gasteiger partial charge is 0.479 e. The molecular weight excluding hydrogens is 1160 g/mol. The molecule has 0 aliphatic heterocycles. The summed E-state index contributed by atoms with van der Waals surface area (Å²) in [5.41, 5.74) is 7.44. The van der Waals surface area contributed by atoms with Gasteiger partial charge in [-0.15, -0.1) is 10.2 Å². The van der Waals surface area contributed by atoms with Gasteiger partial charge < -0.3 is 50.6 Å². The molecule has 0 saturated heterocycles. The minimum atomic E-state index is -1.66. The SMILES string of the molecule is C.C.CCCC(=O)OCCl.CCCC(=O)OCOn1nnc2ccc(C(=O)N[C@H](Cc3ccc(-c4cccc(Cl)c4)cc3)C[C@@H](O)C(=O)O)cc21.O=C(N[C@H](Cc1ccc(-c2cccc(Cl)c2)cc1)C[C@@H](O)C(=O)O)c1ccc2nnn(O)c2c1. The first-order valence-corrected chi connectivity index (χ1v) is 27.2. The van der Waals surface area contributed by atoms with Crippen LogP contribution in [0.4, 0.5) is 0 Å². The van der Waals surface area contributed by atoms with Gasteiger partial charge in [0, 0.05) is 58.9 Å². The lowest BCUT2D eigenvalue weighted by atomic mass is 9.97. The number of hydrogen-bond donors (Lipinski definition) is 7. The van der Waals surface area contributed by atoms with Crippen molar-refractivity contribution in [3.63, 3.8) is 0 Å². The smallest absolute Gasteiger partial charge is 0.332 e. The van der Waals surface area contributed by atoms with Crippen LogP contribution >= 0.6 is 34.8 Å². The molecule has 6 aromatic carbocycles. The second-order valence-corrected chi connectivity index (χ2v) is 19.7. The van der Waals surface area contributed by atoms with Crippen molar-refractivity contribution in [3.05, 3.63) is 166 Å². The van der Waals surface area contributed by atoms with E-state index in [1.54, 1.807) is 30.3 Å². The summed E-state index contributed by atoms with van der Waals surface area (Å²) in [6.07, 6.45) is -0.928. The second-order valence-electron chi connectivity index (χ2n) is 18.6. The number of hydrogen-bond acceptors (Lipinski definition) is 16. The van der Waals surface area contributed by atoms with Gasteiger partial charge in [-0.1, -0.05) is 146 Å². The van der Waals surface area contributed by atoms with Crippen LogP contribution in [0.1, 0.15) is 99.1 Å². The fourth-order valence-corrected chi connectivity index (χ4v) is 8.68. The van der Waals surface area contributed by atoms with Gasteiger partial charge >= 0.3 is 23.9 Å². The van der Waals surface area contributed by atoms with Gasteiger partial charge in [0.1, 0.15) is 22.1 Å². The number of rotatable bonds is 24. The van der Waals surface area contributed by atoms with E-state index in [2.05, 4.69) is 36.0 Å². The number of aliphatic carboxylic acids is 2. The summed E-state index contributed by atoms with van der Waals surface area (Å²) in [5.74, 6) is -4.36. The molecule has 0 fully saturated rings. The number of carbonyl (C=O) groups is 6. The molecule has 2 amide bonds. The number of benzene rings is 6. The molecule has 8 aromatic rings. The van der Waals surface area contributed by atoms with E-state index in [1.165, 1.54) is 18.2 Å². The van der Waals surface area contributed by atoms with Gasteiger partial charge in [-0.05, 0) is 130 Å². The lowest BCUT2D eigenvalue weighted by molar-refractivity contribution is -0.157. The molecule has 8 rings (SSSR count). The Morgan fingerprint density at radius 1 is 0.565 bits per heavy atom. The summed E-state index contributed by atoms with van der Waals surface area (Å²) in [5, 5.41) is 70.0. The van der Waals surface area contributed by atoms with Gasteiger partial charge in [-0.25, -0.2) is 9.59 Å². The molecule has 0 radical (unpaired) electrons. The third kappa shape index (κ3) is 21.2. The number of carbonyl (C=O) groups excluding carboxylic acids is 4. The Hall–Kier alpha value is -8.67. The topological polar surface area (TPSA) is 317 Å². The van der Waals surface area contributed by atoms with Gasteiger partial charge in [0.25, 0.3) is 18.6 Å². The van der Waals surface area contributed by atoms with Crippen LogP contribution in [-0.2, 0) is 41.5 Å². The number of aliphatic hydroxyl groups is 2. The number of aromatic nitrogens is 6. The first-order chi connectivity index (χ1) is 39.8. The van der Waals surface area contributed by atoms with E-state index in [4.69, 9.17) is 49.5 Å². The number of carboxylic acid groups (broad SMARTS) is 2. The summed E-state index contributed by atoms with van der Waals surface area (Å²) in [6.45, 7) is 3.39. The highest BCUT2D eigenvalue weighted by molar-refractivity contribution is 6.31. The molecular formula is C60H67Cl3N8O14. The Morgan fingerprint density at radius 2 is 1.00 bits per heavy atom. The Bertz CT molecular complexity index is 3480. The van der Waals surface area contributed by atoms with E-state index in [1.807, 2.05) is 98.8 Å². The van der Waals surface area contributed by atoms with Crippen molar-refractivity contribution in [2.45, 2.75) is 104 Å². The first-order valence-electron chi connectivity index (χ1n) is 25.9. The minimum Gasteiger partial charge on any atom is -0.479 e. The maximum Gasteiger partial charge on any atom is 0.332 e. The average molecular weight is 1230 g/mol. The summed E-state index contributed by atoms with van der Waals surface area (Å²) >= 11 is 17.3. The quantitative estimate of drug-likeness (QED) is 0.0128. The molecule has 7 N–H and O–H groups in total. The molecule has 0 aliphatic carbocycles. The van der Waals surface area contributed by atoms with Crippen molar-refractivity contribution in [3.8, 4) is 22.3 Å². The number of carboxylic acids is 2. The van der Waals surface area contributed by atoms with Crippen LogP contribution in [0, 0.1) is 0 Å². The number of ether oxygens (including phenoxy) is 2. The predicted molar refractivity (Wildman–Crippen MR) is 320 cm³/mol. The Balaban J connectivity index is 0.000000320. The van der Waals surface area contributed by atoms with Gasteiger partial charge in [0.05, 0.1) is 0 Å². The van der Waals surface area contributed by atoms with E-state index >= 15 is 0 Å². The molecule has 0 aliphatic rings. The Kier molecular flexibility index (Phi) is 27.7. The highest BCUT2D eigenvalue weighted by Gasteiger charge is 2.25. The zero-order valence-electron chi connectivity index (χ0n) is 44.8. The van der Waals surface area contributed by atoms with Gasteiger partial charge in [0.2, 0.25) is 0 Å². The lowest BCUT2D eigenvalue weighted by Crippen LogP contribution is -2.40. The van der Waals surface area contributed by atoms with E-state index in [9.17, 15) is 49.3 Å². The number of halogens is 3. The third-order valence-corrected chi connectivity index (χ3v) is 12.9. The summed E-state index contributed by atoms with van der Waals surface area (Å²) in [4.78, 5) is 77.5. The van der Waals surface area contributed by atoms with Gasteiger partial charge in [-0.3, -0.25) is 19.2 Å². The zero-order chi connectivity index (χ0) is 60.0. The van der Waals surface area contributed by atoms with Crippen LogP contribution in [-0.4, -0.2) is 129 Å². The number of fused-ring (bicyclic) bond motifs is 2. The van der Waals surface area contributed by atoms with Crippen molar-refractivity contribution in [1.29, 1.82) is 0 Å².